The van der Waals surface area contributed by atoms with Crippen molar-refractivity contribution >= 4 is 11.8 Å². The second-order valence-electron chi connectivity index (χ2n) is 6.58. The zero-order chi connectivity index (χ0) is 15.2. The van der Waals surface area contributed by atoms with Crippen LogP contribution in [0.25, 0.3) is 0 Å². The van der Waals surface area contributed by atoms with Gasteiger partial charge in [0.05, 0.1) is 0 Å². The van der Waals surface area contributed by atoms with Gasteiger partial charge in [-0.25, -0.2) is 0 Å². The van der Waals surface area contributed by atoms with Crippen LogP contribution in [-0.4, -0.2) is 46.8 Å². The van der Waals surface area contributed by atoms with Crippen molar-refractivity contribution in [2.24, 2.45) is 0 Å². The first-order valence-electron chi connectivity index (χ1n) is 8.75. The lowest BCUT2D eigenvalue weighted by Gasteiger charge is -2.36. The van der Waals surface area contributed by atoms with Crippen molar-refractivity contribution in [2.75, 3.05) is 13.1 Å². The molecule has 2 amide bonds. The summed E-state index contributed by atoms with van der Waals surface area (Å²) in [5.41, 5.74) is 0. The largest absolute Gasteiger partial charge is 0.338 e. The van der Waals surface area contributed by atoms with Crippen molar-refractivity contribution in [2.45, 2.75) is 83.7 Å². The number of hydrogen-bond acceptors (Lipinski definition) is 2. The van der Waals surface area contributed by atoms with Crippen LogP contribution in [0, 0.1) is 0 Å². The number of fused-ring (bicyclic) bond motifs is 1. The molecule has 0 radical (unpaired) electrons. The van der Waals surface area contributed by atoms with Gasteiger partial charge in [-0.15, -0.1) is 0 Å². The second-order valence-corrected chi connectivity index (χ2v) is 6.58. The normalized spacial score (nSPS) is 24.8. The molecule has 0 aromatic heterocycles. The first-order chi connectivity index (χ1) is 10.1. The van der Waals surface area contributed by atoms with Crippen molar-refractivity contribution in [3.05, 3.63) is 0 Å². The zero-order valence-electron chi connectivity index (χ0n) is 13.6. The second kappa shape index (κ2) is 7.81. The highest BCUT2D eigenvalue weighted by molar-refractivity contribution is 5.90. The summed E-state index contributed by atoms with van der Waals surface area (Å²) >= 11 is 0. The third-order valence-corrected chi connectivity index (χ3v) is 4.97. The van der Waals surface area contributed by atoms with E-state index in [0.29, 0.717) is 13.0 Å². The molecular formula is C17H30N2O2. The van der Waals surface area contributed by atoms with E-state index in [4.69, 9.17) is 0 Å². The van der Waals surface area contributed by atoms with E-state index in [9.17, 15) is 9.59 Å². The predicted octanol–water partition coefficient (Wildman–Crippen LogP) is 2.96. The Balaban J connectivity index is 1.96. The Kier molecular flexibility index (Phi) is 6.07. The lowest BCUT2D eigenvalue weighted by atomic mass is 10.0. The average molecular weight is 294 g/mol. The number of unbranched alkanes of at least 4 members (excludes halogenated alkanes) is 3. The zero-order valence-corrected chi connectivity index (χ0v) is 13.6. The Bertz CT molecular complexity index is 370. The van der Waals surface area contributed by atoms with Crippen molar-refractivity contribution in [1.82, 2.24) is 9.80 Å². The molecule has 0 aliphatic carbocycles. The van der Waals surface area contributed by atoms with Crippen molar-refractivity contribution in [3.8, 4) is 0 Å². The van der Waals surface area contributed by atoms with Crippen LogP contribution in [-0.2, 0) is 9.59 Å². The van der Waals surface area contributed by atoms with E-state index in [1.807, 2.05) is 9.80 Å². The van der Waals surface area contributed by atoms with Crippen molar-refractivity contribution in [1.29, 1.82) is 0 Å². The number of rotatable bonds is 6. The average Bonchev–Trinajstić information content (AvgIpc) is 2.62. The SMILES string of the molecule is CCCCCCC(C)N1CCC(=O)N2CCCCC2C1=O. The van der Waals surface area contributed by atoms with Crippen LogP contribution >= 0.6 is 0 Å². The monoisotopic (exact) mass is 294 g/mol. The van der Waals surface area contributed by atoms with Crippen LogP contribution in [0.2, 0.25) is 0 Å². The molecule has 0 spiro atoms. The van der Waals surface area contributed by atoms with E-state index in [2.05, 4.69) is 13.8 Å². The van der Waals surface area contributed by atoms with Crippen LogP contribution in [0.5, 0.6) is 0 Å². The molecule has 21 heavy (non-hydrogen) atoms. The quantitative estimate of drug-likeness (QED) is 0.707. The van der Waals surface area contributed by atoms with E-state index in [1.165, 1.54) is 25.7 Å². The molecule has 2 atom stereocenters. The highest BCUT2D eigenvalue weighted by Gasteiger charge is 2.38. The number of amides is 2. The van der Waals surface area contributed by atoms with Gasteiger partial charge in [-0.05, 0) is 32.6 Å². The Labute approximate surface area is 128 Å². The summed E-state index contributed by atoms with van der Waals surface area (Å²) in [4.78, 5) is 28.8. The van der Waals surface area contributed by atoms with Crippen LogP contribution in [0.4, 0.5) is 0 Å². The van der Waals surface area contributed by atoms with Gasteiger partial charge < -0.3 is 9.80 Å². The Hall–Kier alpha value is -1.06. The smallest absolute Gasteiger partial charge is 0.245 e. The third-order valence-electron chi connectivity index (χ3n) is 4.97. The minimum atomic E-state index is -0.174. The first-order valence-corrected chi connectivity index (χ1v) is 8.75. The van der Waals surface area contributed by atoms with E-state index in [1.54, 1.807) is 0 Å². The fraction of sp³-hybridized carbons (Fsp3) is 0.882. The maximum atomic E-state index is 12.8. The summed E-state index contributed by atoms with van der Waals surface area (Å²) in [6.07, 6.45) is 9.47. The molecule has 0 saturated carbocycles. The maximum absolute atomic E-state index is 12.8. The van der Waals surface area contributed by atoms with E-state index < -0.39 is 0 Å². The molecule has 0 bridgehead atoms. The summed E-state index contributed by atoms with van der Waals surface area (Å²) in [5.74, 6) is 0.372. The van der Waals surface area contributed by atoms with Crippen LogP contribution < -0.4 is 0 Å². The molecule has 4 heteroatoms. The van der Waals surface area contributed by atoms with Gasteiger partial charge in [0.15, 0.2) is 0 Å². The molecule has 2 aliphatic rings. The maximum Gasteiger partial charge on any atom is 0.245 e. The first kappa shape index (κ1) is 16.3. The molecule has 2 saturated heterocycles. The van der Waals surface area contributed by atoms with Gasteiger partial charge >= 0.3 is 0 Å². The van der Waals surface area contributed by atoms with Crippen LogP contribution in [0.1, 0.15) is 71.6 Å². The van der Waals surface area contributed by atoms with Gasteiger partial charge in [-0.1, -0.05) is 32.6 Å². The van der Waals surface area contributed by atoms with Gasteiger partial charge in [0.25, 0.3) is 0 Å². The summed E-state index contributed by atoms with van der Waals surface area (Å²) in [7, 11) is 0. The molecule has 2 aliphatic heterocycles. The number of carbonyl (C=O) groups is 2. The summed E-state index contributed by atoms with van der Waals surface area (Å²) in [6, 6.07) is 0.0934. The molecule has 0 aromatic rings. The lowest BCUT2D eigenvalue weighted by molar-refractivity contribution is -0.144. The van der Waals surface area contributed by atoms with Gasteiger partial charge in [-0.3, -0.25) is 9.59 Å². The van der Waals surface area contributed by atoms with Crippen LogP contribution in [0.3, 0.4) is 0 Å². The minimum absolute atomic E-state index is 0.174. The Morgan fingerprint density at radius 2 is 1.95 bits per heavy atom. The van der Waals surface area contributed by atoms with Gasteiger partial charge in [0.1, 0.15) is 6.04 Å². The Morgan fingerprint density at radius 3 is 2.71 bits per heavy atom. The number of nitrogens with zero attached hydrogens (tertiary/aromatic N) is 2. The topological polar surface area (TPSA) is 40.6 Å². The predicted molar refractivity (Wildman–Crippen MR) is 83.9 cm³/mol. The van der Waals surface area contributed by atoms with Gasteiger partial charge in [-0.2, -0.15) is 0 Å². The van der Waals surface area contributed by atoms with E-state index in [-0.39, 0.29) is 23.9 Å². The number of carbonyl (C=O) groups excluding carboxylic acids is 2. The minimum Gasteiger partial charge on any atom is -0.338 e. The van der Waals surface area contributed by atoms with Gasteiger partial charge in [0.2, 0.25) is 11.8 Å². The van der Waals surface area contributed by atoms with Crippen LogP contribution in [0.15, 0.2) is 0 Å². The summed E-state index contributed by atoms with van der Waals surface area (Å²) < 4.78 is 0. The fourth-order valence-corrected chi connectivity index (χ4v) is 3.61. The number of piperidine rings is 1. The highest BCUT2D eigenvalue weighted by atomic mass is 16.2. The molecular weight excluding hydrogens is 264 g/mol. The molecule has 2 unspecified atom stereocenters. The van der Waals surface area contributed by atoms with E-state index in [0.717, 1.165) is 32.2 Å². The lowest BCUT2D eigenvalue weighted by Crippen LogP contribution is -2.51. The van der Waals surface area contributed by atoms with E-state index >= 15 is 0 Å². The molecule has 2 heterocycles. The fourth-order valence-electron chi connectivity index (χ4n) is 3.61. The molecule has 0 aromatic carbocycles. The third kappa shape index (κ3) is 3.98. The van der Waals surface area contributed by atoms with Gasteiger partial charge in [0, 0.05) is 25.6 Å². The van der Waals surface area contributed by atoms with Crippen molar-refractivity contribution in [3.63, 3.8) is 0 Å². The summed E-state index contributed by atoms with van der Waals surface area (Å²) in [5, 5.41) is 0. The summed E-state index contributed by atoms with van der Waals surface area (Å²) in [6.45, 7) is 5.74. The Morgan fingerprint density at radius 1 is 1.14 bits per heavy atom. The molecule has 2 fully saturated rings. The highest BCUT2D eigenvalue weighted by Crippen LogP contribution is 2.25. The number of hydrogen-bond donors (Lipinski definition) is 0. The molecule has 0 N–H and O–H groups in total. The standard InChI is InChI=1S/C17H30N2O2/c1-3-4-5-6-9-14(2)18-13-11-16(20)19-12-8-7-10-15(19)17(18)21/h14-15H,3-13H2,1-2H3. The molecule has 120 valence electrons. The van der Waals surface area contributed by atoms with Crippen molar-refractivity contribution < 1.29 is 9.59 Å². The molecule has 2 rings (SSSR count). The molecule has 4 nitrogen and oxygen atoms in total.